The summed E-state index contributed by atoms with van der Waals surface area (Å²) >= 11 is 0. The number of nitrogens with zero attached hydrogens (tertiary/aromatic N) is 5. The molecule has 16 heteroatoms. The molecular formula is C43H49N5O9S2. The molecule has 4 aliphatic rings. The minimum atomic E-state index is -1.41. The number of unbranched alkanes of at least 4 members (excludes halogenated alkanes) is 2. The summed E-state index contributed by atoms with van der Waals surface area (Å²) in [4.78, 5) is 54.7. The third-order valence-corrected chi connectivity index (χ3v) is 13.6. The monoisotopic (exact) mass is 843 g/mol. The van der Waals surface area contributed by atoms with Gasteiger partial charge in [-0.3, -0.25) is 14.6 Å². The number of hydrogen-bond donors (Lipinski definition) is 1. The lowest BCUT2D eigenvalue weighted by Gasteiger charge is -2.32. The zero-order valence-electron chi connectivity index (χ0n) is 33.7. The molecule has 0 aliphatic carbocycles. The Labute approximate surface area is 352 Å². The molecule has 0 bridgehead atoms. The molecule has 2 fully saturated rings. The van der Waals surface area contributed by atoms with Gasteiger partial charge in [-0.25, -0.2) is 14.7 Å². The van der Waals surface area contributed by atoms with Gasteiger partial charge in [0.15, 0.2) is 29.2 Å². The van der Waals surface area contributed by atoms with Crippen LogP contribution in [0.2, 0.25) is 0 Å². The van der Waals surface area contributed by atoms with Crippen LogP contribution in [-0.4, -0.2) is 114 Å². The van der Waals surface area contributed by atoms with E-state index in [0.717, 1.165) is 27.5 Å². The predicted molar refractivity (Wildman–Crippen MR) is 228 cm³/mol. The van der Waals surface area contributed by atoms with Crippen molar-refractivity contribution >= 4 is 57.1 Å². The van der Waals surface area contributed by atoms with E-state index in [4.69, 9.17) is 23.7 Å². The fourth-order valence-electron chi connectivity index (χ4n) is 7.42. The number of rotatable bonds is 15. The van der Waals surface area contributed by atoms with Gasteiger partial charge in [-0.1, -0.05) is 41.2 Å². The Kier molecular flexibility index (Phi) is 12.8. The summed E-state index contributed by atoms with van der Waals surface area (Å²) in [5, 5.41) is 12.6. The first kappa shape index (κ1) is 42.0. The zero-order chi connectivity index (χ0) is 41.8. The number of pyridine rings is 1. The summed E-state index contributed by atoms with van der Waals surface area (Å²) in [6.07, 6.45) is 4.45. The van der Waals surface area contributed by atoms with Crippen LogP contribution < -0.4 is 23.8 Å². The van der Waals surface area contributed by atoms with E-state index in [-0.39, 0.29) is 42.3 Å². The van der Waals surface area contributed by atoms with Crippen molar-refractivity contribution < 1.29 is 43.2 Å². The lowest BCUT2D eigenvalue weighted by molar-refractivity contribution is 0.0486. The second-order valence-corrected chi connectivity index (χ2v) is 18.3. The standard InChI is InChI=1S/C43H49N5O9S2/c1-26-16-28-22-45-31-20-36(34(53-5)18-29(31)39(49)46(28)23-26)55-14-10-7-11-15-56-37-21-32-30(19-35(37)54-6)40(50)47-24-27(2)17-33(47)41(51)48(32)42(52)57-25-43(3,4)59-58-38-12-8-9-13-44-38/h8-9,12-13,18-22,28,33,41,51H,1-2,7,10-11,14-17,23-25H2,3-6H3/t28-,33-,41-/m0/s1. The summed E-state index contributed by atoms with van der Waals surface area (Å²) in [6, 6.07) is 11.4. The number of carbonyl (C=O) groups excluding carboxylic acids is 3. The van der Waals surface area contributed by atoms with E-state index in [1.165, 1.54) is 35.8 Å². The summed E-state index contributed by atoms with van der Waals surface area (Å²) in [5.74, 6) is 1.11. The Bertz CT molecular complexity index is 2150. The molecule has 3 aromatic rings. The van der Waals surface area contributed by atoms with Crippen molar-refractivity contribution in [2.75, 3.05) is 52.0 Å². The number of benzene rings is 2. The molecule has 59 heavy (non-hydrogen) atoms. The average molecular weight is 844 g/mol. The average Bonchev–Trinajstić information content (AvgIpc) is 3.77. The van der Waals surface area contributed by atoms with Crippen molar-refractivity contribution in [2.24, 2.45) is 4.99 Å². The third-order valence-electron chi connectivity index (χ3n) is 10.4. The predicted octanol–water partition coefficient (Wildman–Crippen LogP) is 7.48. The van der Waals surface area contributed by atoms with Crippen LogP contribution in [-0.2, 0) is 4.74 Å². The molecule has 312 valence electrons. The molecule has 2 aromatic carbocycles. The first-order valence-corrected chi connectivity index (χ1v) is 21.6. The van der Waals surface area contributed by atoms with Gasteiger partial charge in [-0.15, -0.1) is 0 Å². The van der Waals surface area contributed by atoms with Crippen molar-refractivity contribution in [3.05, 3.63) is 84.1 Å². The lowest BCUT2D eigenvalue weighted by atomic mass is 10.1. The second-order valence-electron chi connectivity index (χ2n) is 15.4. The number of aliphatic hydroxyl groups is 1. The molecule has 0 radical (unpaired) electrons. The number of ether oxygens (including phenoxy) is 5. The van der Waals surface area contributed by atoms with Crippen LogP contribution in [0.4, 0.5) is 16.2 Å². The van der Waals surface area contributed by atoms with Crippen molar-refractivity contribution in [1.82, 2.24) is 14.8 Å². The molecule has 3 atom stereocenters. The fourth-order valence-corrected chi connectivity index (χ4v) is 9.45. The van der Waals surface area contributed by atoms with Crippen LogP contribution in [0, 0.1) is 0 Å². The highest BCUT2D eigenvalue weighted by molar-refractivity contribution is 8.77. The summed E-state index contributed by atoms with van der Waals surface area (Å²) in [6.45, 7) is 13.5. The van der Waals surface area contributed by atoms with Crippen molar-refractivity contribution in [2.45, 2.75) is 74.0 Å². The van der Waals surface area contributed by atoms with E-state index < -0.39 is 23.1 Å². The number of aliphatic hydroxyl groups excluding tert-OH is 1. The maximum absolute atomic E-state index is 14.0. The Morgan fingerprint density at radius 1 is 0.881 bits per heavy atom. The number of amides is 3. The minimum absolute atomic E-state index is 0.0238. The van der Waals surface area contributed by atoms with Gasteiger partial charge in [0, 0.05) is 37.6 Å². The Hall–Kier alpha value is -5.19. The molecule has 2 saturated heterocycles. The van der Waals surface area contributed by atoms with Gasteiger partial charge in [0.1, 0.15) is 11.6 Å². The fraction of sp³-hybridized carbons (Fsp3) is 0.419. The lowest BCUT2D eigenvalue weighted by Crippen LogP contribution is -2.51. The van der Waals surface area contributed by atoms with Crippen LogP contribution in [0.5, 0.6) is 23.0 Å². The van der Waals surface area contributed by atoms with Crippen molar-refractivity contribution in [3.63, 3.8) is 0 Å². The Morgan fingerprint density at radius 3 is 2.24 bits per heavy atom. The quantitative estimate of drug-likeness (QED) is 0.0918. The minimum Gasteiger partial charge on any atom is -0.493 e. The van der Waals surface area contributed by atoms with Gasteiger partial charge in [-0.05, 0) is 81.0 Å². The summed E-state index contributed by atoms with van der Waals surface area (Å²) < 4.78 is 28.9. The second kappa shape index (κ2) is 18.0. The molecule has 14 nitrogen and oxygen atoms in total. The smallest absolute Gasteiger partial charge is 0.416 e. The van der Waals surface area contributed by atoms with Gasteiger partial charge in [0.05, 0.1) is 66.8 Å². The van der Waals surface area contributed by atoms with Gasteiger partial charge in [-0.2, -0.15) is 0 Å². The van der Waals surface area contributed by atoms with Gasteiger partial charge < -0.3 is 38.6 Å². The van der Waals surface area contributed by atoms with E-state index in [0.29, 0.717) is 79.7 Å². The maximum Gasteiger partial charge on any atom is 0.416 e. The number of hydrogen-bond acceptors (Lipinski definition) is 13. The molecule has 5 heterocycles. The van der Waals surface area contributed by atoms with Crippen molar-refractivity contribution in [3.8, 4) is 23.0 Å². The molecule has 0 saturated carbocycles. The Balaban J connectivity index is 0.993. The van der Waals surface area contributed by atoms with Crippen LogP contribution in [0.15, 0.2) is 83.0 Å². The van der Waals surface area contributed by atoms with Crippen molar-refractivity contribution in [1.29, 1.82) is 0 Å². The van der Waals surface area contributed by atoms with E-state index >= 15 is 0 Å². The number of fused-ring (bicyclic) bond motifs is 4. The largest absolute Gasteiger partial charge is 0.493 e. The highest BCUT2D eigenvalue weighted by Gasteiger charge is 2.46. The van der Waals surface area contributed by atoms with E-state index in [2.05, 4.69) is 23.1 Å². The molecular weight excluding hydrogens is 795 g/mol. The molecule has 1 aromatic heterocycles. The van der Waals surface area contributed by atoms with Crippen LogP contribution in [0.25, 0.3) is 0 Å². The summed E-state index contributed by atoms with van der Waals surface area (Å²) in [5.41, 5.74) is 3.12. The number of anilines is 1. The van der Waals surface area contributed by atoms with Crippen LogP contribution in [0.1, 0.15) is 66.7 Å². The first-order valence-electron chi connectivity index (χ1n) is 19.5. The van der Waals surface area contributed by atoms with E-state index in [1.807, 2.05) is 32.0 Å². The molecule has 4 aliphatic heterocycles. The third kappa shape index (κ3) is 9.19. The number of carbonyl (C=O) groups is 3. The first-order chi connectivity index (χ1) is 28.4. The summed E-state index contributed by atoms with van der Waals surface area (Å²) in [7, 11) is 6.01. The number of aliphatic imine (C=N–C) groups is 1. The van der Waals surface area contributed by atoms with Gasteiger partial charge in [0.2, 0.25) is 0 Å². The zero-order valence-corrected chi connectivity index (χ0v) is 35.3. The molecule has 3 amide bonds. The highest BCUT2D eigenvalue weighted by Crippen LogP contribution is 2.44. The van der Waals surface area contributed by atoms with Gasteiger partial charge >= 0.3 is 6.09 Å². The highest BCUT2D eigenvalue weighted by atomic mass is 33.1. The topological polar surface area (TPSA) is 153 Å². The molecule has 7 rings (SSSR count). The number of aromatic nitrogens is 1. The maximum atomic E-state index is 14.0. The SMILES string of the molecule is C=C1C[C@H]2C=Nc3cc(OCCCCCOc4cc5c(cc4OC)C(=O)N4CC(=C)C[C@H]4[C@H](O)N5C(=O)OCC(C)(C)SSc4ccccn4)c(OC)cc3C(=O)N2C1. The molecule has 0 unspecified atom stereocenters. The van der Waals surface area contributed by atoms with E-state index in [1.54, 1.807) is 46.5 Å². The van der Waals surface area contributed by atoms with Gasteiger partial charge in [0.25, 0.3) is 11.8 Å². The van der Waals surface area contributed by atoms with Crippen LogP contribution in [0.3, 0.4) is 0 Å². The number of methoxy groups -OCH3 is 2. The Morgan fingerprint density at radius 2 is 1.54 bits per heavy atom. The normalized spacial score (nSPS) is 19.7. The van der Waals surface area contributed by atoms with Crippen LogP contribution >= 0.6 is 21.6 Å². The molecule has 0 spiro atoms. The van der Waals surface area contributed by atoms with E-state index in [9.17, 15) is 19.5 Å². The molecule has 1 N–H and O–H groups in total.